The Hall–Kier alpha value is -3.27. The van der Waals surface area contributed by atoms with Crippen LogP contribution in [0.4, 0.5) is 5.69 Å². The number of thioether (sulfide) groups is 1. The molecule has 0 bridgehead atoms. The van der Waals surface area contributed by atoms with E-state index in [9.17, 15) is 9.59 Å². The molecular weight excluding hydrogens is 394 g/mol. The number of amides is 1. The van der Waals surface area contributed by atoms with E-state index in [0.717, 1.165) is 5.56 Å². The molecule has 2 aromatic heterocycles. The average Bonchev–Trinajstić information content (AvgIpc) is 3.09. The Bertz CT molecular complexity index is 1090. The van der Waals surface area contributed by atoms with Gasteiger partial charge in [0.2, 0.25) is 11.5 Å². The van der Waals surface area contributed by atoms with Gasteiger partial charge >= 0.3 is 0 Å². The molecule has 0 saturated carbocycles. The van der Waals surface area contributed by atoms with Gasteiger partial charge in [-0.15, -0.1) is 10.2 Å². The van der Waals surface area contributed by atoms with E-state index in [1.165, 1.54) is 29.5 Å². The summed E-state index contributed by atoms with van der Waals surface area (Å²) in [7, 11) is 6.58. The molecule has 0 saturated heterocycles. The van der Waals surface area contributed by atoms with E-state index in [1.54, 1.807) is 49.2 Å². The summed E-state index contributed by atoms with van der Waals surface area (Å²) in [4.78, 5) is 23.9. The number of nitrogens with zero attached hydrogens (tertiary/aromatic N) is 4. The molecule has 29 heavy (non-hydrogen) atoms. The van der Waals surface area contributed by atoms with Crippen molar-refractivity contribution in [1.29, 1.82) is 0 Å². The third-order valence-corrected chi connectivity index (χ3v) is 5.21. The number of anilines is 1. The highest BCUT2D eigenvalue weighted by Crippen LogP contribution is 2.29. The number of benzene rings is 1. The van der Waals surface area contributed by atoms with Gasteiger partial charge in [0.25, 0.3) is 0 Å². The molecule has 0 aliphatic heterocycles. The standard InChI is InChI=1S/C19H21N5O4S/c1-23-10-12(5-8-17(23)26)18-21-22-19(24(18)2)29-11-16(25)20-14-7-6-13(27-3)9-15(14)28-4/h5-10H,11H2,1-4H3,(H,20,25). The minimum Gasteiger partial charge on any atom is -0.497 e. The van der Waals surface area contributed by atoms with Gasteiger partial charge < -0.3 is 23.9 Å². The van der Waals surface area contributed by atoms with Gasteiger partial charge in [-0.3, -0.25) is 9.59 Å². The molecule has 0 aliphatic rings. The number of aryl methyl sites for hydroxylation is 1. The number of rotatable bonds is 7. The number of carbonyl (C=O) groups is 1. The lowest BCUT2D eigenvalue weighted by atomic mass is 10.2. The van der Waals surface area contributed by atoms with Crippen molar-refractivity contribution in [2.24, 2.45) is 14.1 Å². The molecule has 2 heterocycles. The van der Waals surface area contributed by atoms with Gasteiger partial charge in [0, 0.05) is 38.0 Å². The Labute approximate surface area is 171 Å². The maximum Gasteiger partial charge on any atom is 0.250 e. The van der Waals surface area contributed by atoms with E-state index in [1.807, 2.05) is 7.05 Å². The highest BCUT2D eigenvalue weighted by atomic mass is 32.2. The lowest BCUT2D eigenvalue weighted by Crippen LogP contribution is -2.15. The van der Waals surface area contributed by atoms with Crippen molar-refractivity contribution in [3.05, 3.63) is 46.9 Å². The quantitative estimate of drug-likeness (QED) is 0.589. The summed E-state index contributed by atoms with van der Waals surface area (Å²) < 4.78 is 13.7. The zero-order chi connectivity index (χ0) is 21.0. The molecule has 10 heteroatoms. The SMILES string of the molecule is COc1ccc(NC(=O)CSc2nnc(-c3ccc(=O)n(C)c3)n2C)c(OC)c1. The first-order chi connectivity index (χ1) is 13.9. The second-order valence-electron chi connectivity index (χ2n) is 6.14. The van der Waals surface area contributed by atoms with Crippen molar-refractivity contribution in [3.63, 3.8) is 0 Å². The Balaban J connectivity index is 1.67. The molecular formula is C19H21N5O4S. The molecule has 0 spiro atoms. The Kier molecular flexibility index (Phi) is 6.23. The summed E-state index contributed by atoms with van der Waals surface area (Å²) in [6.45, 7) is 0. The van der Waals surface area contributed by atoms with Crippen LogP contribution in [0.5, 0.6) is 11.5 Å². The van der Waals surface area contributed by atoms with Crippen LogP contribution in [0.3, 0.4) is 0 Å². The molecule has 1 N–H and O–H groups in total. The van der Waals surface area contributed by atoms with Crippen LogP contribution in [-0.4, -0.2) is 45.2 Å². The summed E-state index contributed by atoms with van der Waals surface area (Å²) in [5.74, 6) is 1.71. The van der Waals surface area contributed by atoms with Crippen molar-refractivity contribution >= 4 is 23.4 Å². The van der Waals surface area contributed by atoms with Crippen molar-refractivity contribution < 1.29 is 14.3 Å². The summed E-state index contributed by atoms with van der Waals surface area (Å²) in [6.07, 6.45) is 1.70. The first-order valence-electron chi connectivity index (χ1n) is 8.64. The fraction of sp³-hybridized carbons (Fsp3) is 0.263. The maximum absolute atomic E-state index is 12.4. The highest BCUT2D eigenvalue weighted by molar-refractivity contribution is 7.99. The molecule has 0 unspecified atom stereocenters. The lowest BCUT2D eigenvalue weighted by Gasteiger charge is -2.11. The molecule has 9 nitrogen and oxygen atoms in total. The Morgan fingerprint density at radius 2 is 1.93 bits per heavy atom. The van der Waals surface area contributed by atoms with Crippen molar-refractivity contribution in [1.82, 2.24) is 19.3 Å². The zero-order valence-corrected chi connectivity index (χ0v) is 17.3. The number of hydrogen-bond donors (Lipinski definition) is 1. The number of nitrogens with one attached hydrogen (secondary N) is 1. The number of ether oxygens (including phenoxy) is 2. The monoisotopic (exact) mass is 415 g/mol. The normalized spacial score (nSPS) is 10.6. The smallest absolute Gasteiger partial charge is 0.250 e. The molecule has 1 amide bonds. The third-order valence-electron chi connectivity index (χ3n) is 4.19. The molecule has 0 atom stereocenters. The summed E-state index contributed by atoms with van der Waals surface area (Å²) >= 11 is 1.26. The predicted molar refractivity (Wildman–Crippen MR) is 111 cm³/mol. The maximum atomic E-state index is 12.4. The highest BCUT2D eigenvalue weighted by Gasteiger charge is 2.15. The fourth-order valence-corrected chi connectivity index (χ4v) is 3.35. The first-order valence-corrected chi connectivity index (χ1v) is 9.62. The third kappa shape index (κ3) is 4.60. The van der Waals surface area contributed by atoms with Crippen LogP contribution >= 0.6 is 11.8 Å². The molecule has 0 radical (unpaired) electrons. The van der Waals surface area contributed by atoms with Gasteiger partial charge in [-0.05, 0) is 18.2 Å². The molecule has 3 rings (SSSR count). The van der Waals surface area contributed by atoms with Gasteiger partial charge in [-0.1, -0.05) is 11.8 Å². The van der Waals surface area contributed by atoms with Crippen LogP contribution in [0.1, 0.15) is 0 Å². The topological polar surface area (TPSA) is 100 Å². The second-order valence-corrected chi connectivity index (χ2v) is 7.08. The van der Waals surface area contributed by atoms with Gasteiger partial charge in [0.1, 0.15) is 11.5 Å². The Morgan fingerprint density at radius 3 is 2.62 bits per heavy atom. The fourth-order valence-electron chi connectivity index (χ4n) is 2.64. The van der Waals surface area contributed by atoms with Crippen LogP contribution in [-0.2, 0) is 18.9 Å². The molecule has 152 valence electrons. The molecule has 0 aliphatic carbocycles. The summed E-state index contributed by atoms with van der Waals surface area (Å²) in [5.41, 5.74) is 1.22. The van der Waals surface area contributed by atoms with E-state index in [-0.39, 0.29) is 17.2 Å². The van der Waals surface area contributed by atoms with Crippen LogP contribution in [0, 0.1) is 0 Å². The van der Waals surface area contributed by atoms with Gasteiger partial charge in [0.05, 0.1) is 25.7 Å². The van der Waals surface area contributed by atoms with Crippen LogP contribution < -0.4 is 20.3 Å². The van der Waals surface area contributed by atoms with E-state index < -0.39 is 0 Å². The number of carbonyl (C=O) groups excluding carboxylic acids is 1. The molecule has 3 aromatic rings. The van der Waals surface area contributed by atoms with Crippen molar-refractivity contribution in [2.75, 3.05) is 25.3 Å². The average molecular weight is 415 g/mol. The Morgan fingerprint density at radius 1 is 1.14 bits per heavy atom. The van der Waals surface area contributed by atoms with Crippen LogP contribution in [0.2, 0.25) is 0 Å². The van der Waals surface area contributed by atoms with Crippen molar-refractivity contribution in [3.8, 4) is 22.9 Å². The number of aromatic nitrogens is 4. The van der Waals surface area contributed by atoms with E-state index in [4.69, 9.17) is 9.47 Å². The largest absolute Gasteiger partial charge is 0.497 e. The second kappa shape index (κ2) is 8.82. The lowest BCUT2D eigenvalue weighted by molar-refractivity contribution is -0.113. The summed E-state index contributed by atoms with van der Waals surface area (Å²) in [6, 6.07) is 8.34. The number of pyridine rings is 1. The van der Waals surface area contributed by atoms with Gasteiger partial charge in [-0.25, -0.2) is 0 Å². The van der Waals surface area contributed by atoms with Crippen LogP contribution in [0.25, 0.3) is 11.4 Å². The van der Waals surface area contributed by atoms with Gasteiger partial charge in [-0.2, -0.15) is 0 Å². The minimum absolute atomic E-state index is 0.101. The number of methoxy groups -OCH3 is 2. The van der Waals surface area contributed by atoms with Gasteiger partial charge in [0.15, 0.2) is 11.0 Å². The molecule has 1 aromatic carbocycles. The van der Waals surface area contributed by atoms with E-state index >= 15 is 0 Å². The first kappa shape index (κ1) is 20.5. The zero-order valence-electron chi connectivity index (χ0n) is 16.5. The van der Waals surface area contributed by atoms with E-state index in [0.29, 0.717) is 28.2 Å². The predicted octanol–water partition coefficient (Wildman–Crippen LogP) is 1.93. The van der Waals surface area contributed by atoms with Crippen molar-refractivity contribution in [2.45, 2.75) is 5.16 Å². The van der Waals surface area contributed by atoms with E-state index in [2.05, 4.69) is 15.5 Å². The summed E-state index contributed by atoms with van der Waals surface area (Å²) in [5, 5.41) is 11.7. The number of hydrogen-bond acceptors (Lipinski definition) is 7. The minimum atomic E-state index is -0.204. The van der Waals surface area contributed by atoms with Crippen LogP contribution in [0.15, 0.2) is 46.5 Å². The molecule has 0 fully saturated rings.